The molecule has 2 atom stereocenters. The number of thiophene rings is 1. The van der Waals surface area contributed by atoms with Gasteiger partial charge in [-0.1, -0.05) is 39.8 Å². The van der Waals surface area contributed by atoms with E-state index in [9.17, 15) is 10.2 Å². The van der Waals surface area contributed by atoms with Crippen molar-refractivity contribution in [1.82, 2.24) is 0 Å². The Kier molecular flexibility index (Phi) is 7.10. The number of aryl methyl sites for hydroxylation is 1. The third-order valence-corrected chi connectivity index (χ3v) is 7.70. The van der Waals surface area contributed by atoms with Gasteiger partial charge >= 0.3 is 0 Å². The lowest BCUT2D eigenvalue weighted by molar-refractivity contribution is -0.0115. The van der Waals surface area contributed by atoms with E-state index in [1.807, 2.05) is 32.0 Å². The first kappa shape index (κ1) is 22.6. The molecule has 0 fully saturated rings. The van der Waals surface area contributed by atoms with E-state index in [4.69, 9.17) is 4.74 Å². The highest BCUT2D eigenvalue weighted by Crippen LogP contribution is 2.42. The van der Waals surface area contributed by atoms with Crippen molar-refractivity contribution in [2.75, 3.05) is 6.61 Å². The number of hydrogen-bond acceptors (Lipinski definition) is 4. The molecular weight excluding hydrogens is 392 g/mol. The lowest BCUT2D eigenvalue weighted by Gasteiger charge is -2.26. The van der Waals surface area contributed by atoms with Gasteiger partial charge in [-0.25, -0.2) is 0 Å². The summed E-state index contributed by atoms with van der Waals surface area (Å²) in [6, 6.07) is 14.3. The summed E-state index contributed by atoms with van der Waals surface area (Å²) in [5.74, 6) is 1.95. The minimum Gasteiger partial charge on any atom is -0.508 e. The highest BCUT2D eigenvalue weighted by Gasteiger charge is 2.24. The van der Waals surface area contributed by atoms with Gasteiger partial charge in [-0.05, 0) is 84.9 Å². The van der Waals surface area contributed by atoms with E-state index in [-0.39, 0.29) is 0 Å². The van der Waals surface area contributed by atoms with Gasteiger partial charge in [0.1, 0.15) is 18.1 Å². The molecule has 0 aliphatic carbocycles. The first-order valence-corrected chi connectivity index (χ1v) is 11.8. The molecule has 162 valence electrons. The molecule has 3 nitrogen and oxygen atoms in total. The molecule has 1 aromatic heterocycles. The van der Waals surface area contributed by atoms with Crippen molar-refractivity contribution in [1.29, 1.82) is 0 Å². The van der Waals surface area contributed by atoms with Crippen LogP contribution < -0.4 is 4.74 Å². The van der Waals surface area contributed by atoms with Crippen LogP contribution in [-0.2, 0) is 0 Å². The number of fused-ring (bicyclic) bond motifs is 1. The molecule has 0 bridgehead atoms. The molecule has 0 amide bonds. The topological polar surface area (TPSA) is 49.7 Å². The fourth-order valence-corrected chi connectivity index (χ4v) is 5.43. The normalized spacial score (nSPS) is 14.1. The number of aromatic hydroxyl groups is 1. The summed E-state index contributed by atoms with van der Waals surface area (Å²) in [5.41, 5.74) is 1.64. The van der Waals surface area contributed by atoms with Crippen molar-refractivity contribution in [2.45, 2.75) is 71.3 Å². The fraction of sp³-hybridized carbons (Fsp3) is 0.462. The third kappa shape index (κ3) is 4.81. The molecule has 2 N–H and O–H groups in total. The maximum absolute atomic E-state index is 10.5. The van der Waals surface area contributed by atoms with Crippen LogP contribution in [0.15, 0.2) is 42.5 Å². The van der Waals surface area contributed by atoms with Crippen LogP contribution in [0.3, 0.4) is 0 Å². The Morgan fingerprint density at radius 2 is 1.77 bits per heavy atom. The number of phenolic OH excluding ortho intramolecular Hbond substituents is 1. The van der Waals surface area contributed by atoms with Crippen molar-refractivity contribution >= 4 is 21.4 Å². The molecule has 0 saturated heterocycles. The number of benzene rings is 2. The monoisotopic (exact) mass is 426 g/mol. The lowest BCUT2D eigenvalue weighted by atomic mass is 9.84. The highest BCUT2D eigenvalue weighted by atomic mass is 32.1. The van der Waals surface area contributed by atoms with Gasteiger partial charge in [-0.2, -0.15) is 0 Å². The first-order chi connectivity index (χ1) is 14.3. The van der Waals surface area contributed by atoms with Crippen molar-refractivity contribution in [3.8, 4) is 11.5 Å². The van der Waals surface area contributed by atoms with Crippen LogP contribution in [0.4, 0.5) is 0 Å². The minimum absolute atomic E-state index is 0.321. The zero-order chi connectivity index (χ0) is 21.9. The standard InChI is InChI=1S/C26H34O3S/c1-6-22(25-14-20-9-11-21(27)15-24(20)30-25)18(5)19-10-12-23(17(4)13-19)29-16-26(28,7-2)8-3/h9-15,18,22,27-28H,6-8,16H2,1-5H3. The molecule has 2 aromatic carbocycles. The molecule has 0 saturated carbocycles. The van der Waals surface area contributed by atoms with Gasteiger partial charge in [-0.3, -0.25) is 0 Å². The average Bonchev–Trinajstić information content (AvgIpc) is 3.15. The molecule has 2 unspecified atom stereocenters. The van der Waals surface area contributed by atoms with Gasteiger partial charge in [0.15, 0.2) is 0 Å². The van der Waals surface area contributed by atoms with Gasteiger partial charge in [0.2, 0.25) is 0 Å². The number of rotatable bonds is 9. The molecule has 4 heteroatoms. The number of ether oxygens (including phenoxy) is 1. The van der Waals surface area contributed by atoms with Crippen LogP contribution in [-0.4, -0.2) is 22.4 Å². The molecular formula is C26H34O3S. The Hall–Kier alpha value is -2.04. The Morgan fingerprint density at radius 3 is 2.40 bits per heavy atom. The second kappa shape index (κ2) is 9.40. The third-order valence-electron chi connectivity index (χ3n) is 6.47. The molecule has 1 heterocycles. The maximum Gasteiger partial charge on any atom is 0.122 e. The Balaban J connectivity index is 1.80. The Labute approximate surface area is 184 Å². The Bertz CT molecular complexity index is 987. The molecule has 0 spiro atoms. The molecule has 3 aromatic rings. The summed E-state index contributed by atoms with van der Waals surface area (Å²) in [6.45, 7) is 10.9. The highest BCUT2D eigenvalue weighted by molar-refractivity contribution is 7.19. The fourth-order valence-electron chi connectivity index (χ4n) is 4.04. The summed E-state index contributed by atoms with van der Waals surface area (Å²) in [6.07, 6.45) is 2.42. The van der Waals surface area contributed by atoms with Crippen LogP contribution in [0, 0.1) is 6.92 Å². The van der Waals surface area contributed by atoms with Crippen molar-refractivity contribution in [2.24, 2.45) is 0 Å². The van der Waals surface area contributed by atoms with E-state index in [0.717, 1.165) is 22.4 Å². The minimum atomic E-state index is -0.763. The predicted octanol–water partition coefficient (Wildman–Crippen LogP) is 7.14. The summed E-state index contributed by atoms with van der Waals surface area (Å²) in [4.78, 5) is 1.36. The van der Waals surface area contributed by atoms with E-state index in [2.05, 4.69) is 39.0 Å². The van der Waals surface area contributed by atoms with E-state index in [1.54, 1.807) is 17.4 Å². The quantitative estimate of drug-likeness (QED) is 0.382. The average molecular weight is 427 g/mol. The van der Waals surface area contributed by atoms with Crippen LogP contribution in [0.1, 0.15) is 74.8 Å². The predicted molar refractivity (Wildman–Crippen MR) is 127 cm³/mol. The van der Waals surface area contributed by atoms with Crippen LogP contribution in [0.5, 0.6) is 11.5 Å². The SMILES string of the molecule is CCC(c1cc2ccc(O)cc2s1)C(C)c1ccc(OCC(O)(CC)CC)c(C)c1. The van der Waals surface area contributed by atoms with Gasteiger partial charge in [0.25, 0.3) is 0 Å². The maximum atomic E-state index is 10.5. The molecule has 0 aliphatic rings. The summed E-state index contributed by atoms with van der Waals surface area (Å²) < 4.78 is 7.10. The van der Waals surface area contributed by atoms with E-state index < -0.39 is 5.60 Å². The molecule has 30 heavy (non-hydrogen) atoms. The lowest BCUT2D eigenvalue weighted by Crippen LogP contribution is -2.34. The van der Waals surface area contributed by atoms with Crippen LogP contribution in [0.2, 0.25) is 0 Å². The summed E-state index contributed by atoms with van der Waals surface area (Å²) in [7, 11) is 0. The molecule has 3 rings (SSSR count). The van der Waals surface area contributed by atoms with Gasteiger partial charge < -0.3 is 14.9 Å². The second-order valence-electron chi connectivity index (χ2n) is 8.42. The largest absolute Gasteiger partial charge is 0.508 e. The van der Waals surface area contributed by atoms with Crippen molar-refractivity contribution < 1.29 is 14.9 Å². The van der Waals surface area contributed by atoms with E-state index >= 15 is 0 Å². The molecule has 0 aliphatic heterocycles. The van der Waals surface area contributed by atoms with Gasteiger partial charge in [0, 0.05) is 9.58 Å². The number of hydrogen-bond donors (Lipinski definition) is 2. The number of phenols is 1. The first-order valence-electron chi connectivity index (χ1n) is 11.0. The van der Waals surface area contributed by atoms with Gasteiger partial charge in [0.05, 0.1) is 5.60 Å². The zero-order valence-electron chi connectivity index (χ0n) is 18.7. The summed E-state index contributed by atoms with van der Waals surface area (Å²) >= 11 is 1.78. The number of aliphatic hydroxyl groups is 1. The Morgan fingerprint density at radius 1 is 1.03 bits per heavy atom. The second-order valence-corrected chi connectivity index (χ2v) is 9.53. The van der Waals surface area contributed by atoms with E-state index in [1.165, 1.54) is 15.8 Å². The van der Waals surface area contributed by atoms with Gasteiger partial charge in [-0.15, -0.1) is 11.3 Å². The summed E-state index contributed by atoms with van der Waals surface area (Å²) in [5, 5.41) is 21.5. The smallest absolute Gasteiger partial charge is 0.122 e. The molecule has 0 radical (unpaired) electrons. The van der Waals surface area contributed by atoms with E-state index in [0.29, 0.717) is 37.0 Å². The van der Waals surface area contributed by atoms with Crippen LogP contribution in [0.25, 0.3) is 10.1 Å². The zero-order valence-corrected chi connectivity index (χ0v) is 19.6. The van der Waals surface area contributed by atoms with Crippen molar-refractivity contribution in [3.63, 3.8) is 0 Å². The van der Waals surface area contributed by atoms with Crippen molar-refractivity contribution in [3.05, 3.63) is 58.5 Å². The van der Waals surface area contributed by atoms with Crippen LogP contribution >= 0.6 is 11.3 Å².